The van der Waals surface area contributed by atoms with Crippen molar-refractivity contribution in [3.05, 3.63) is 361 Å². The van der Waals surface area contributed by atoms with Crippen molar-refractivity contribution in [3.63, 3.8) is 0 Å². The number of nitrogen functional groups attached to an aromatic ring is 1. The normalized spacial score (nSPS) is 17.1. The maximum Gasteiger partial charge on any atom is 0.494 e. The third kappa shape index (κ3) is 28.3. The minimum absolute atomic E-state index is 0.0380. The molecule has 0 bridgehead atoms. The van der Waals surface area contributed by atoms with Gasteiger partial charge in [0.2, 0.25) is 0 Å². The Balaban J connectivity index is 0.000000159. The van der Waals surface area contributed by atoms with Crippen molar-refractivity contribution in [2.24, 2.45) is 0 Å². The van der Waals surface area contributed by atoms with E-state index in [0.717, 1.165) is 55.8 Å². The first-order chi connectivity index (χ1) is 65.8. The number of halogens is 1. The van der Waals surface area contributed by atoms with E-state index in [0.29, 0.717) is 44.5 Å². The predicted octanol–water partition coefficient (Wildman–Crippen LogP) is 17.2. The lowest BCUT2D eigenvalue weighted by atomic mass is 9.79. The molecule has 12 aromatic carbocycles. The fourth-order valence-electron chi connectivity index (χ4n) is 13.9. The minimum Gasteiger partial charge on any atom is -0.423 e. The molecule has 5 saturated heterocycles. The van der Waals surface area contributed by atoms with E-state index in [9.17, 15) is 28.8 Å². The second-order valence-electron chi connectivity index (χ2n) is 39.2. The highest BCUT2D eigenvalue weighted by Gasteiger charge is 2.56. The lowest BCUT2D eigenvalue weighted by Crippen LogP contribution is -2.41. The number of anilines is 6. The summed E-state index contributed by atoms with van der Waals surface area (Å²) < 4.78 is 60.2. The van der Waals surface area contributed by atoms with Gasteiger partial charge in [-0.2, -0.15) is 0 Å². The number of carbonyl (C=O) groups excluding carboxylic acids is 6. The van der Waals surface area contributed by atoms with Gasteiger partial charge in [0.05, 0.1) is 56.0 Å². The van der Waals surface area contributed by atoms with E-state index < -0.39 is 40.8 Å². The average molecular weight is 1910 g/mol. The number of rotatable bonds is 17. The lowest BCUT2D eigenvalue weighted by molar-refractivity contribution is 0.00578. The summed E-state index contributed by atoms with van der Waals surface area (Å²) in [6.07, 6.45) is 0. The zero-order valence-corrected chi connectivity index (χ0v) is 84.2. The van der Waals surface area contributed by atoms with Gasteiger partial charge in [0, 0.05) is 74.6 Å². The highest BCUT2D eigenvalue weighted by Crippen LogP contribution is 2.42. The molecule has 0 aliphatic carbocycles. The van der Waals surface area contributed by atoms with Gasteiger partial charge in [0.1, 0.15) is 0 Å². The first kappa shape index (κ1) is 108. The fourth-order valence-corrected chi connectivity index (χ4v) is 14.1. The Morgan fingerprint density at radius 1 is 0.264 bits per heavy atom. The summed E-state index contributed by atoms with van der Waals surface area (Å²) in [5.74, 6) is -0.617. The van der Waals surface area contributed by atoms with E-state index in [2.05, 4.69) is 21.3 Å². The summed E-state index contributed by atoms with van der Waals surface area (Å²) >= 11 is 5.16. The highest BCUT2D eigenvalue weighted by atomic mass is 35.5. The molecule has 5 aliphatic rings. The lowest BCUT2D eigenvalue weighted by Gasteiger charge is -2.32. The molecular weight excluding hydrogens is 1780 g/mol. The second-order valence-corrected chi connectivity index (χ2v) is 39.6. The van der Waals surface area contributed by atoms with Gasteiger partial charge in [-0.15, -0.1) is 0 Å². The summed E-state index contributed by atoms with van der Waals surface area (Å²) in [6, 6.07) is 98.7. The Kier molecular flexibility index (Phi) is 35.5. The molecule has 5 heterocycles. The summed E-state index contributed by atoms with van der Waals surface area (Å²) in [5.41, 5.74) is 15.4. The molecule has 24 nitrogen and oxygen atoms in total. The molecule has 5 fully saturated rings. The number of nitrogens with two attached hydrogens (primary N) is 1. The predicted molar refractivity (Wildman–Crippen MR) is 565 cm³/mol. The monoisotopic (exact) mass is 1910 g/mol. The molecule has 8 N–H and O–H groups in total. The molecule has 0 saturated carbocycles. The Morgan fingerprint density at radius 2 is 0.443 bits per heavy atom. The summed E-state index contributed by atoms with van der Waals surface area (Å²) in [7, 11) is -1.60. The number of nitrogens with one attached hydrogen (secondary N) is 4. The second kappa shape index (κ2) is 45.9. The molecule has 17 rings (SSSR count). The minimum atomic E-state index is -1.50. The van der Waals surface area contributed by atoms with E-state index in [1.54, 1.807) is 121 Å². The topological polar surface area (TPSA) is 313 Å². The molecule has 724 valence electrons. The van der Waals surface area contributed by atoms with Crippen LogP contribution >= 0.6 is 11.6 Å². The van der Waals surface area contributed by atoms with Crippen LogP contribution in [0.4, 0.5) is 34.1 Å². The standard InChI is InChI=1S/C20H24BNO3.3C19H22BNO3.C13H12BNO3.C12H18BNO2.C7H5ClO/c1-19(2)20(3,4)25-21(24-19)16-11-13-17(14-12-16)22(5)18(23)15-9-7-6-8-10-15;3*1-18(2)19(3,4)24-20(23-18)15-10-12-16(13-11-15)21-17(22)14-8-6-5-7-9-14;16-13(10-4-2-1-3-5-10)15-12-8-6-11(7-9-12)14(17)18;1-11(2)12(3,4)16-13(15-11)9-5-7-10(14)8-6-9;8-7(9)6-4-2-1-3-5-6/h6-14H,1-5H3;3*5-13H,1-4H3,(H,21,22);1-9,17-18H,(H,15,16);5-8H,14H2,1-4H3;1-5H. The van der Waals surface area contributed by atoms with Crippen LogP contribution in [0.1, 0.15) is 201 Å². The van der Waals surface area contributed by atoms with Gasteiger partial charge in [-0.1, -0.05) is 194 Å². The molecule has 5 aliphatic heterocycles. The number of carbonyl (C=O) groups is 6. The van der Waals surface area contributed by atoms with Crippen LogP contribution in [0.15, 0.2) is 328 Å². The Labute approximate surface area is 830 Å². The Hall–Kier alpha value is -12.3. The van der Waals surface area contributed by atoms with Gasteiger partial charge in [0.15, 0.2) is 0 Å². The zero-order chi connectivity index (χ0) is 102. The third-order valence-corrected chi connectivity index (χ3v) is 26.5. The van der Waals surface area contributed by atoms with Crippen molar-refractivity contribution in [2.75, 3.05) is 38.9 Å². The molecular formula is C109H125B6ClN6O18. The molecule has 5 amide bonds. The van der Waals surface area contributed by atoms with Crippen LogP contribution in [0.3, 0.4) is 0 Å². The smallest absolute Gasteiger partial charge is 0.423 e. The SMILES string of the molecule is CC1(C)OB(c2ccc(N)cc2)OC1(C)C.CC1(C)OB(c2ccc(NC(=O)c3ccccc3)cc2)OC1(C)C.CC1(C)OB(c2ccc(NC(=O)c3ccccc3)cc2)OC1(C)C.CC1(C)OB(c2ccc(NC(=O)c3ccccc3)cc2)OC1(C)C.CN(C(=O)c1ccccc1)c1ccc(B2OC(C)(C)C(C)(C)O2)cc1.O=C(Cl)c1ccccc1.O=C(Nc1ccc(B(O)O)cc1)c1ccccc1. The summed E-state index contributed by atoms with van der Waals surface area (Å²) in [4.78, 5) is 72.9. The van der Waals surface area contributed by atoms with Crippen LogP contribution in [-0.2, 0) is 46.5 Å². The van der Waals surface area contributed by atoms with E-state index >= 15 is 0 Å². The van der Waals surface area contributed by atoms with E-state index in [1.807, 2.05) is 357 Å². The zero-order valence-electron chi connectivity index (χ0n) is 83.5. The van der Waals surface area contributed by atoms with Gasteiger partial charge in [-0.3, -0.25) is 28.8 Å². The van der Waals surface area contributed by atoms with Crippen LogP contribution in [0.5, 0.6) is 0 Å². The first-order valence-electron chi connectivity index (χ1n) is 46.4. The quantitative estimate of drug-likeness (QED) is 0.0253. The fraction of sp³-hybridized carbons (Fsp3) is 0.284. The van der Waals surface area contributed by atoms with Crippen molar-refractivity contribution in [3.8, 4) is 0 Å². The number of hydrogen-bond acceptors (Lipinski definition) is 19. The van der Waals surface area contributed by atoms with Gasteiger partial charge in [0.25, 0.3) is 34.8 Å². The summed E-state index contributed by atoms with van der Waals surface area (Å²) in [5, 5.41) is 28.9. The Morgan fingerprint density at radius 3 is 0.636 bits per heavy atom. The largest absolute Gasteiger partial charge is 0.494 e. The van der Waals surface area contributed by atoms with Crippen molar-refractivity contribution < 1.29 is 85.4 Å². The highest BCUT2D eigenvalue weighted by molar-refractivity contribution is 6.68. The van der Waals surface area contributed by atoms with E-state index in [4.69, 9.17) is 73.9 Å². The third-order valence-electron chi connectivity index (χ3n) is 26.3. The van der Waals surface area contributed by atoms with Crippen molar-refractivity contribution >= 4 is 156 Å². The van der Waals surface area contributed by atoms with Crippen LogP contribution in [0.2, 0.25) is 0 Å². The number of nitrogens with zero attached hydrogens (tertiary/aromatic N) is 1. The first-order valence-corrected chi connectivity index (χ1v) is 46.8. The van der Waals surface area contributed by atoms with Crippen LogP contribution in [0.25, 0.3) is 0 Å². The average Bonchev–Trinajstić information content (AvgIpc) is 1.64. The molecule has 0 spiro atoms. The van der Waals surface area contributed by atoms with Gasteiger partial charge in [-0.25, -0.2) is 0 Å². The molecule has 0 radical (unpaired) electrons. The number of hydrogen-bond donors (Lipinski definition) is 7. The van der Waals surface area contributed by atoms with Crippen molar-refractivity contribution in [2.45, 2.75) is 194 Å². The van der Waals surface area contributed by atoms with Crippen LogP contribution in [-0.4, -0.2) is 151 Å². The van der Waals surface area contributed by atoms with E-state index in [1.165, 1.54) is 0 Å². The molecule has 0 atom stereocenters. The van der Waals surface area contributed by atoms with Gasteiger partial charge < -0.3 is 88.5 Å². The molecule has 31 heteroatoms. The van der Waals surface area contributed by atoms with Crippen LogP contribution in [0, 0.1) is 0 Å². The molecule has 0 unspecified atom stereocenters. The van der Waals surface area contributed by atoms with Crippen molar-refractivity contribution in [1.29, 1.82) is 0 Å². The molecule has 0 aromatic heterocycles. The van der Waals surface area contributed by atoms with E-state index in [-0.39, 0.29) is 92.7 Å². The van der Waals surface area contributed by atoms with Crippen molar-refractivity contribution in [1.82, 2.24) is 0 Å². The number of benzene rings is 12. The molecule has 140 heavy (non-hydrogen) atoms. The number of amides is 5. The molecule has 12 aromatic rings. The van der Waals surface area contributed by atoms with Gasteiger partial charge >= 0.3 is 42.7 Å². The summed E-state index contributed by atoms with van der Waals surface area (Å²) in [6.45, 7) is 40.7. The Bertz CT molecular complexity index is 5720. The van der Waals surface area contributed by atoms with Gasteiger partial charge in [-0.05, 0) is 316 Å². The maximum absolute atomic E-state index is 12.5. The van der Waals surface area contributed by atoms with Crippen LogP contribution < -0.4 is 64.7 Å². The maximum atomic E-state index is 12.5.